The molecule has 0 radical (unpaired) electrons. The molecule has 1 aliphatic carbocycles. The fourth-order valence-corrected chi connectivity index (χ4v) is 4.94. The van der Waals surface area contributed by atoms with Crippen LogP contribution >= 0.6 is 11.6 Å². The Morgan fingerprint density at radius 1 is 1.07 bits per heavy atom. The first kappa shape index (κ1) is 19.5. The van der Waals surface area contributed by atoms with Crippen molar-refractivity contribution < 1.29 is 9.30 Å². The van der Waals surface area contributed by atoms with Crippen LogP contribution in [0, 0.1) is 0 Å². The predicted octanol–water partition coefficient (Wildman–Crippen LogP) is 3.80. The summed E-state index contributed by atoms with van der Waals surface area (Å²) in [6.45, 7) is 1.73. The van der Waals surface area contributed by atoms with Crippen LogP contribution in [0.2, 0.25) is 5.02 Å². The van der Waals surface area contributed by atoms with Gasteiger partial charge in [-0.25, -0.2) is 4.98 Å². The second-order valence-electron chi connectivity index (χ2n) is 8.44. The molecule has 5 rings (SSSR count). The van der Waals surface area contributed by atoms with Gasteiger partial charge in [-0.15, -0.1) is 4.68 Å². The van der Waals surface area contributed by atoms with E-state index in [1.54, 1.807) is 6.20 Å². The third-order valence-corrected chi connectivity index (χ3v) is 6.45. The molecular formula is C23H27ClN5O+. The molecule has 30 heavy (non-hydrogen) atoms. The second-order valence-corrected chi connectivity index (χ2v) is 8.87. The highest BCUT2D eigenvalue weighted by molar-refractivity contribution is 6.30. The Morgan fingerprint density at radius 2 is 1.90 bits per heavy atom. The van der Waals surface area contributed by atoms with Gasteiger partial charge >= 0.3 is 0 Å². The zero-order chi connectivity index (χ0) is 20.7. The van der Waals surface area contributed by atoms with Crippen LogP contribution in [0.15, 0.2) is 42.6 Å². The number of aryl methyl sites for hydroxylation is 1. The van der Waals surface area contributed by atoms with Gasteiger partial charge in [-0.1, -0.05) is 17.7 Å². The summed E-state index contributed by atoms with van der Waals surface area (Å²) in [5.41, 5.74) is 2.45. The zero-order valence-electron chi connectivity index (χ0n) is 17.5. The van der Waals surface area contributed by atoms with Crippen molar-refractivity contribution in [1.82, 2.24) is 19.7 Å². The molecule has 7 heteroatoms. The van der Waals surface area contributed by atoms with E-state index >= 15 is 0 Å². The molecule has 2 aliphatic rings. The summed E-state index contributed by atoms with van der Waals surface area (Å²) in [7, 11) is 4.20. The Hall–Kier alpha value is -2.44. The third-order valence-electron chi connectivity index (χ3n) is 6.21. The molecule has 1 saturated carbocycles. The summed E-state index contributed by atoms with van der Waals surface area (Å²) in [4.78, 5) is 6.62. The molecule has 3 heterocycles. The molecule has 0 saturated heterocycles. The quantitative estimate of drug-likeness (QED) is 0.600. The van der Waals surface area contributed by atoms with Crippen LogP contribution in [0.3, 0.4) is 0 Å². The smallest absolute Gasteiger partial charge is 0.285 e. The summed E-state index contributed by atoms with van der Waals surface area (Å²) in [5, 5.41) is 5.77. The number of rotatable bonds is 3. The standard InChI is InChI=1S/C23H27ClN5O/c1-27-14-17-13-18(24)8-11-20(17)29-22(15-27)28(2)26-23(29)16-6-9-19(10-7-16)30-21-5-3-4-12-25-21/h3-5,8,11-13,16,19H,6-7,9-10,14-15H2,1-2H3/q+1. The Balaban J connectivity index is 1.42. The molecule has 0 unspecified atom stereocenters. The molecule has 156 valence electrons. The van der Waals surface area contributed by atoms with E-state index in [0.29, 0.717) is 5.92 Å². The lowest BCUT2D eigenvalue weighted by Gasteiger charge is -2.26. The topological polar surface area (TPSA) is 47.1 Å². The molecule has 1 aliphatic heterocycles. The Labute approximate surface area is 182 Å². The van der Waals surface area contributed by atoms with Crippen LogP contribution in [0.5, 0.6) is 5.88 Å². The van der Waals surface area contributed by atoms with Crippen molar-refractivity contribution in [2.24, 2.45) is 7.05 Å². The van der Waals surface area contributed by atoms with Crippen LogP contribution in [0.4, 0.5) is 0 Å². The summed E-state index contributed by atoms with van der Waals surface area (Å²) < 4.78 is 10.5. The average Bonchev–Trinajstić information content (AvgIpc) is 2.97. The lowest BCUT2D eigenvalue weighted by atomic mass is 9.86. The van der Waals surface area contributed by atoms with E-state index in [2.05, 4.69) is 40.7 Å². The lowest BCUT2D eigenvalue weighted by Crippen LogP contribution is -2.41. The van der Waals surface area contributed by atoms with Gasteiger partial charge in [0.25, 0.3) is 11.6 Å². The highest BCUT2D eigenvalue weighted by Gasteiger charge is 2.37. The molecule has 1 fully saturated rings. The van der Waals surface area contributed by atoms with Crippen molar-refractivity contribution in [2.45, 2.75) is 50.8 Å². The van der Waals surface area contributed by atoms with Gasteiger partial charge in [0, 0.05) is 34.5 Å². The second kappa shape index (κ2) is 8.00. The maximum absolute atomic E-state index is 6.31. The molecule has 0 bridgehead atoms. The molecule has 0 amide bonds. The number of benzene rings is 1. The number of hydrogen-bond donors (Lipinski definition) is 0. The van der Waals surface area contributed by atoms with Gasteiger partial charge in [0.2, 0.25) is 5.88 Å². The van der Waals surface area contributed by atoms with Crippen molar-refractivity contribution in [1.29, 1.82) is 0 Å². The monoisotopic (exact) mass is 424 g/mol. The van der Waals surface area contributed by atoms with Crippen LogP contribution in [0.1, 0.15) is 48.8 Å². The number of nitrogens with zero attached hydrogens (tertiary/aromatic N) is 5. The van der Waals surface area contributed by atoms with Crippen molar-refractivity contribution >= 4 is 11.6 Å². The number of pyridine rings is 1. The van der Waals surface area contributed by atoms with Crippen LogP contribution < -0.4 is 9.30 Å². The summed E-state index contributed by atoms with van der Waals surface area (Å²) in [6, 6.07) is 12.0. The average molecular weight is 425 g/mol. The van der Waals surface area contributed by atoms with E-state index < -0.39 is 0 Å². The van der Waals surface area contributed by atoms with Crippen molar-refractivity contribution in [3.05, 3.63) is 64.8 Å². The van der Waals surface area contributed by atoms with Gasteiger partial charge in [-0.05, 0) is 57.0 Å². The summed E-state index contributed by atoms with van der Waals surface area (Å²) in [6.07, 6.45) is 6.16. The Bertz CT molecular complexity index is 1040. The van der Waals surface area contributed by atoms with Gasteiger partial charge in [-0.2, -0.15) is 4.57 Å². The highest BCUT2D eigenvalue weighted by atomic mass is 35.5. The molecule has 0 N–H and O–H groups in total. The minimum Gasteiger partial charge on any atom is -0.474 e. The number of hydrogen-bond acceptors (Lipinski definition) is 4. The van der Waals surface area contributed by atoms with E-state index in [0.717, 1.165) is 55.5 Å². The minimum atomic E-state index is 0.223. The lowest BCUT2D eigenvalue weighted by molar-refractivity contribution is -0.616. The minimum absolute atomic E-state index is 0.223. The fraction of sp³-hybridized carbons (Fsp3) is 0.435. The van der Waals surface area contributed by atoms with Crippen molar-refractivity contribution in [2.75, 3.05) is 7.05 Å². The van der Waals surface area contributed by atoms with Crippen LogP contribution in [-0.4, -0.2) is 32.8 Å². The van der Waals surface area contributed by atoms with E-state index in [1.807, 2.05) is 28.9 Å². The van der Waals surface area contributed by atoms with Crippen LogP contribution in [0.25, 0.3) is 5.69 Å². The maximum atomic E-state index is 6.31. The first-order valence-corrected chi connectivity index (χ1v) is 11.0. The third kappa shape index (κ3) is 3.70. The van der Waals surface area contributed by atoms with Gasteiger partial charge in [0.05, 0.1) is 19.5 Å². The Kier molecular flexibility index (Phi) is 5.21. The van der Waals surface area contributed by atoms with E-state index in [4.69, 9.17) is 21.4 Å². The highest BCUT2D eigenvalue weighted by Crippen LogP contribution is 2.34. The molecule has 6 nitrogen and oxygen atoms in total. The first-order chi connectivity index (χ1) is 14.6. The van der Waals surface area contributed by atoms with Gasteiger partial charge in [-0.3, -0.25) is 4.90 Å². The molecule has 1 aromatic carbocycles. The fourth-order valence-electron chi connectivity index (χ4n) is 4.75. The van der Waals surface area contributed by atoms with E-state index in [9.17, 15) is 0 Å². The Morgan fingerprint density at radius 3 is 2.67 bits per heavy atom. The summed E-state index contributed by atoms with van der Waals surface area (Å²) >= 11 is 6.31. The number of fused-ring (bicyclic) bond motifs is 3. The summed E-state index contributed by atoms with van der Waals surface area (Å²) in [5.74, 6) is 3.50. The number of halogens is 1. The van der Waals surface area contributed by atoms with E-state index in [-0.39, 0.29) is 6.10 Å². The number of ether oxygens (including phenoxy) is 1. The van der Waals surface area contributed by atoms with Crippen LogP contribution in [-0.2, 0) is 20.1 Å². The van der Waals surface area contributed by atoms with Gasteiger partial charge in [0.1, 0.15) is 11.8 Å². The van der Waals surface area contributed by atoms with Crippen molar-refractivity contribution in [3.8, 4) is 11.6 Å². The first-order valence-electron chi connectivity index (χ1n) is 10.6. The van der Waals surface area contributed by atoms with Crippen molar-refractivity contribution in [3.63, 3.8) is 0 Å². The largest absolute Gasteiger partial charge is 0.474 e. The van der Waals surface area contributed by atoms with Gasteiger partial charge < -0.3 is 4.74 Å². The normalized spacial score (nSPS) is 21.6. The van der Waals surface area contributed by atoms with Gasteiger partial charge in [0.15, 0.2) is 0 Å². The molecule has 0 spiro atoms. The number of aromatic nitrogens is 4. The molecule has 0 atom stereocenters. The molecule has 2 aromatic heterocycles. The maximum Gasteiger partial charge on any atom is 0.285 e. The predicted molar refractivity (Wildman–Crippen MR) is 115 cm³/mol. The SMILES string of the molecule is CN1Cc2cc(Cl)ccc2-[n+]2c(C3CCC(Oc4ccccn4)CC3)nn(C)c2C1. The van der Waals surface area contributed by atoms with E-state index in [1.165, 1.54) is 17.1 Å². The molecular weight excluding hydrogens is 398 g/mol. The molecule has 3 aromatic rings. The zero-order valence-corrected chi connectivity index (χ0v) is 18.2.